The number of allylic oxidation sites excluding steroid dienone is 8. The van der Waals surface area contributed by atoms with Gasteiger partial charge in [-0.15, -0.1) is 0 Å². The van der Waals surface area contributed by atoms with Gasteiger partial charge in [0.15, 0.2) is 0 Å². The highest BCUT2D eigenvalue weighted by Crippen LogP contribution is 2.19. The summed E-state index contributed by atoms with van der Waals surface area (Å²) in [5.74, 6) is 0. The van der Waals surface area contributed by atoms with Crippen molar-refractivity contribution in [1.82, 2.24) is 0 Å². The number of halogens is 1. The van der Waals surface area contributed by atoms with Crippen LogP contribution in [0.25, 0.3) is 0 Å². The maximum absolute atomic E-state index is 13.5. The molecular weight excluding hydrogens is 211 g/mol. The Kier molecular flexibility index (Phi) is 6.79. The van der Waals surface area contributed by atoms with Crippen molar-refractivity contribution in [2.75, 3.05) is 0 Å². The second-order valence-electron chi connectivity index (χ2n) is 5.18. The summed E-state index contributed by atoms with van der Waals surface area (Å²) in [6, 6.07) is 0. The first kappa shape index (κ1) is 15.9. The van der Waals surface area contributed by atoms with Gasteiger partial charge in [0.05, 0.1) is 0 Å². The van der Waals surface area contributed by atoms with Crippen molar-refractivity contribution in [3.63, 3.8) is 0 Å². The molecule has 0 aliphatic heterocycles. The van der Waals surface area contributed by atoms with Crippen LogP contribution in [0.5, 0.6) is 0 Å². The number of hydrogen-bond acceptors (Lipinski definition) is 0. The lowest BCUT2D eigenvalue weighted by atomic mass is 10.00. The maximum atomic E-state index is 13.5. The van der Waals surface area contributed by atoms with Gasteiger partial charge in [0.2, 0.25) is 0 Å². The van der Waals surface area contributed by atoms with Gasteiger partial charge in [0.1, 0.15) is 5.67 Å². The van der Waals surface area contributed by atoms with E-state index in [0.29, 0.717) is 6.42 Å². The van der Waals surface area contributed by atoms with E-state index in [-0.39, 0.29) is 0 Å². The molecule has 17 heavy (non-hydrogen) atoms. The molecule has 0 N–H and O–H groups in total. The molecule has 0 atom stereocenters. The summed E-state index contributed by atoms with van der Waals surface area (Å²) < 4.78 is 13.5. The Morgan fingerprint density at radius 3 is 2.12 bits per heavy atom. The van der Waals surface area contributed by atoms with E-state index in [9.17, 15) is 4.39 Å². The van der Waals surface area contributed by atoms with Gasteiger partial charge in [-0.1, -0.05) is 36.0 Å². The number of alkyl halides is 1. The zero-order valence-corrected chi connectivity index (χ0v) is 12.0. The summed E-state index contributed by atoms with van der Waals surface area (Å²) in [6.45, 7) is 11.4. The Bertz CT molecular complexity index is 342. The Morgan fingerprint density at radius 2 is 1.71 bits per heavy atom. The van der Waals surface area contributed by atoms with Crippen LogP contribution in [0, 0.1) is 0 Å². The van der Waals surface area contributed by atoms with E-state index in [1.54, 1.807) is 13.8 Å². The fourth-order valence-corrected chi connectivity index (χ4v) is 1.28. The molecule has 0 spiro atoms. The standard InChI is InChI=1S/C16H25F/c1-7-8-15(11-12-16(5,6)17)14(4)10-9-13(2)3/h7-11H,12H2,1-6H3/b8-7-,14-10+,15-11+. The van der Waals surface area contributed by atoms with Crippen molar-refractivity contribution in [3.05, 3.63) is 47.1 Å². The second kappa shape index (κ2) is 7.26. The number of hydrogen-bond donors (Lipinski definition) is 0. The molecule has 0 bridgehead atoms. The Morgan fingerprint density at radius 1 is 1.12 bits per heavy atom. The van der Waals surface area contributed by atoms with E-state index in [1.807, 2.05) is 25.2 Å². The fourth-order valence-electron chi connectivity index (χ4n) is 1.28. The lowest BCUT2D eigenvalue weighted by molar-refractivity contribution is 0.221. The van der Waals surface area contributed by atoms with Gasteiger partial charge >= 0.3 is 0 Å². The Balaban J connectivity index is 4.98. The van der Waals surface area contributed by atoms with Crippen LogP contribution >= 0.6 is 0 Å². The molecule has 0 fully saturated rings. The molecule has 0 saturated carbocycles. The molecule has 0 unspecified atom stereocenters. The molecule has 0 aliphatic carbocycles. The molecule has 96 valence electrons. The third-order valence-corrected chi connectivity index (χ3v) is 2.28. The minimum atomic E-state index is -1.15. The van der Waals surface area contributed by atoms with E-state index in [2.05, 4.69) is 32.9 Å². The van der Waals surface area contributed by atoms with Crippen LogP contribution in [0.2, 0.25) is 0 Å². The molecule has 0 aromatic rings. The third-order valence-electron chi connectivity index (χ3n) is 2.28. The molecule has 0 nitrogen and oxygen atoms in total. The molecule has 0 rings (SSSR count). The maximum Gasteiger partial charge on any atom is 0.109 e. The average molecular weight is 236 g/mol. The normalized spacial score (nSPS) is 14.3. The predicted molar refractivity (Wildman–Crippen MR) is 75.9 cm³/mol. The summed E-state index contributed by atoms with van der Waals surface area (Å²) in [6.07, 6.45) is 10.6. The minimum Gasteiger partial charge on any atom is -0.244 e. The van der Waals surface area contributed by atoms with Gasteiger partial charge in [-0.25, -0.2) is 4.39 Å². The highest BCUT2D eigenvalue weighted by Gasteiger charge is 2.13. The highest BCUT2D eigenvalue weighted by atomic mass is 19.1. The van der Waals surface area contributed by atoms with Gasteiger partial charge in [-0.2, -0.15) is 0 Å². The zero-order chi connectivity index (χ0) is 13.5. The SMILES string of the molecule is C\C=C/C(=C\CC(C)(C)F)C(/C)=C/C=C(C)C. The monoisotopic (exact) mass is 236 g/mol. The first-order chi connectivity index (χ1) is 7.76. The average Bonchev–Trinajstić information content (AvgIpc) is 2.19. The van der Waals surface area contributed by atoms with Crippen molar-refractivity contribution in [2.24, 2.45) is 0 Å². The van der Waals surface area contributed by atoms with Crippen molar-refractivity contribution >= 4 is 0 Å². The molecule has 1 heteroatoms. The van der Waals surface area contributed by atoms with Gasteiger partial charge in [0, 0.05) is 0 Å². The van der Waals surface area contributed by atoms with Crippen LogP contribution in [-0.2, 0) is 0 Å². The third kappa shape index (κ3) is 8.67. The largest absolute Gasteiger partial charge is 0.244 e. The fraction of sp³-hybridized carbons (Fsp3) is 0.500. The van der Waals surface area contributed by atoms with E-state index in [1.165, 1.54) is 5.57 Å². The van der Waals surface area contributed by atoms with E-state index >= 15 is 0 Å². The van der Waals surface area contributed by atoms with Crippen molar-refractivity contribution in [3.8, 4) is 0 Å². The Labute approximate surface area is 106 Å². The topological polar surface area (TPSA) is 0 Å². The summed E-state index contributed by atoms with van der Waals surface area (Å²) in [4.78, 5) is 0. The van der Waals surface area contributed by atoms with Crippen LogP contribution in [0.1, 0.15) is 48.0 Å². The van der Waals surface area contributed by atoms with Crippen molar-refractivity contribution in [1.29, 1.82) is 0 Å². The van der Waals surface area contributed by atoms with Crippen LogP contribution < -0.4 is 0 Å². The molecule has 0 saturated heterocycles. The second-order valence-corrected chi connectivity index (χ2v) is 5.18. The predicted octanol–water partition coefficient (Wildman–Crippen LogP) is 5.54. The Hall–Kier alpha value is -1.11. The minimum absolute atomic E-state index is 0.437. The van der Waals surface area contributed by atoms with E-state index in [0.717, 1.165) is 11.1 Å². The molecule has 0 amide bonds. The van der Waals surface area contributed by atoms with E-state index < -0.39 is 5.67 Å². The molecule has 0 aliphatic rings. The first-order valence-corrected chi connectivity index (χ1v) is 6.10. The lowest BCUT2D eigenvalue weighted by Crippen LogP contribution is -2.09. The van der Waals surface area contributed by atoms with Gasteiger partial charge in [0.25, 0.3) is 0 Å². The van der Waals surface area contributed by atoms with E-state index in [4.69, 9.17) is 0 Å². The van der Waals surface area contributed by atoms with Crippen LogP contribution in [0.3, 0.4) is 0 Å². The quantitative estimate of drug-likeness (QED) is 0.550. The van der Waals surface area contributed by atoms with Gasteiger partial charge in [-0.3, -0.25) is 0 Å². The smallest absolute Gasteiger partial charge is 0.109 e. The highest BCUT2D eigenvalue weighted by molar-refractivity contribution is 5.40. The van der Waals surface area contributed by atoms with Gasteiger partial charge < -0.3 is 0 Å². The summed E-state index contributed by atoms with van der Waals surface area (Å²) in [5, 5.41) is 0. The van der Waals surface area contributed by atoms with Crippen molar-refractivity contribution < 1.29 is 4.39 Å². The van der Waals surface area contributed by atoms with Crippen molar-refractivity contribution in [2.45, 2.75) is 53.6 Å². The first-order valence-electron chi connectivity index (χ1n) is 6.10. The van der Waals surface area contributed by atoms with Crippen LogP contribution in [-0.4, -0.2) is 5.67 Å². The molecule has 0 aromatic carbocycles. The summed E-state index contributed by atoms with van der Waals surface area (Å²) in [5.41, 5.74) is 2.36. The molecule has 0 aromatic heterocycles. The summed E-state index contributed by atoms with van der Waals surface area (Å²) >= 11 is 0. The molecular formula is C16H25F. The van der Waals surface area contributed by atoms with Gasteiger partial charge in [-0.05, 0) is 59.1 Å². The number of rotatable bonds is 5. The van der Waals surface area contributed by atoms with Crippen LogP contribution in [0.15, 0.2) is 47.1 Å². The van der Waals surface area contributed by atoms with Crippen LogP contribution in [0.4, 0.5) is 4.39 Å². The lowest BCUT2D eigenvalue weighted by Gasteiger charge is -2.11. The molecule has 0 heterocycles. The summed E-state index contributed by atoms with van der Waals surface area (Å²) in [7, 11) is 0. The molecule has 0 radical (unpaired) electrons. The zero-order valence-electron chi connectivity index (χ0n) is 12.0.